The highest BCUT2D eigenvalue weighted by atomic mass is 35.5. The number of hydrogen-bond donors (Lipinski definition) is 1. The number of carbonyl (C=O) groups is 1. The Bertz CT molecular complexity index is 1490. The van der Waals surface area contributed by atoms with Crippen molar-refractivity contribution >= 4 is 29.5 Å². The first-order valence-corrected chi connectivity index (χ1v) is 15.8. The molecule has 6 nitrogen and oxygen atoms in total. The van der Waals surface area contributed by atoms with Crippen molar-refractivity contribution < 1.29 is 28.8 Å². The monoisotopic (exact) mass is 650 g/mol. The van der Waals surface area contributed by atoms with Crippen LogP contribution in [0.15, 0.2) is 84.9 Å². The average Bonchev–Trinajstić information content (AvgIpc) is 3.76. The maximum absolute atomic E-state index is 10.5. The van der Waals surface area contributed by atoms with Crippen molar-refractivity contribution in [3.8, 4) is 11.5 Å². The maximum atomic E-state index is 10.5. The summed E-state index contributed by atoms with van der Waals surface area (Å²) in [6.45, 7) is 8.93. The number of ether oxygens (including phenoxy) is 4. The number of benzene rings is 4. The molecule has 2 unspecified atom stereocenters. The molecule has 2 aliphatic heterocycles. The Kier molecular flexibility index (Phi) is 13.3. The van der Waals surface area contributed by atoms with Gasteiger partial charge in [0.05, 0.1) is 31.5 Å². The predicted molar refractivity (Wildman–Crippen MR) is 179 cm³/mol. The third kappa shape index (κ3) is 10.9. The van der Waals surface area contributed by atoms with E-state index in [0.717, 1.165) is 72.7 Å². The van der Waals surface area contributed by atoms with Crippen molar-refractivity contribution in [2.45, 2.75) is 51.9 Å². The smallest absolute Gasteiger partial charge is 0.151 e. The first kappa shape index (κ1) is 34.5. The van der Waals surface area contributed by atoms with E-state index in [9.17, 15) is 9.90 Å². The fourth-order valence-corrected chi connectivity index (χ4v) is 5.13. The van der Waals surface area contributed by atoms with Gasteiger partial charge in [0.2, 0.25) is 0 Å². The highest BCUT2D eigenvalue weighted by Crippen LogP contribution is 2.30. The molecular formula is C37H40Cl2O6. The number of aryl methyl sites for hydroxylation is 3. The van der Waals surface area contributed by atoms with Crippen LogP contribution in [0.4, 0.5) is 0 Å². The molecule has 2 heterocycles. The number of aliphatic hydroxyl groups excluding tert-OH is 1. The van der Waals surface area contributed by atoms with Crippen LogP contribution in [-0.2, 0) is 9.47 Å². The Morgan fingerprint density at radius 1 is 0.711 bits per heavy atom. The first-order chi connectivity index (χ1) is 21.7. The molecule has 6 rings (SSSR count). The second-order valence-electron chi connectivity index (χ2n) is 11.2. The lowest BCUT2D eigenvalue weighted by Crippen LogP contribution is -2.15. The molecule has 0 spiro atoms. The van der Waals surface area contributed by atoms with Gasteiger partial charge in [0.25, 0.3) is 0 Å². The quantitative estimate of drug-likeness (QED) is 0.202. The summed E-state index contributed by atoms with van der Waals surface area (Å²) in [5.74, 6) is 1.74. The summed E-state index contributed by atoms with van der Waals surface area (Å²) in [7, 11) is 0. The van der Waals surface area contributed by atoms with E-state index in [2.05, 4.69) is 19.1 Å². The molecule has 4 aromatic carbocycles. The zero-order valence-corrected chi connectivity index (χ0v) is 27.4. The summed E-state index contributed by atoms with van der Waals surface area (Å²) in [6, 6.07) is 26.6. The van der Waals surface area contributed by atoms with Gasteiger partial charge in [-0.05, 0) is 68.8 Å². The molecule has 238 valence electrons. The molecule has 2 aliphatic rings. The summed E-state index contributed by atoms with van der Waals surface area (Å²) < 4.78 is 22.1. The molecule has 0 aliphatic carbocycles. The van der Waals surface area contributed by atoms with Crippen molar-refractivity contribution in [1.82, 2.24) is 0 Å². The van der Waals surface area contributed by atoms with E-state index < -0.39 is 6.10 Å². The standard InChI is InChI=1S/C18H19ClO3.C11H14O2.C8H7ClO/c1-12-2-7-17(19)16(10-12)18(20)13-3-5-14(6-4-13)22-15-8-9-21-11-15;1-9-2-4-10(5-3-9)13-11-6-7-12-8-11;1-6-2-3-8(9)7(4-6)5-10/h2-7,10,15,18,20H,8-9,11H2,1H3;2-5,11H,6-8H2,1H3;2-5H,1H3/t;11-;/m.0./s1. The van der Waals surface area contributed by atoms with Crippen LogP contribution in [0.3, 0.4) is 0 Å². The SMILES string of the molecule is Cc1ccc(Cl)c(C(O)c2ccc(OC3CCOC3)cc2)c1.Cc1ccc(Cl)c(C=O)c1.Cc1ccc(O[C@H]2CCOC2)cc1. The second-order valence-corrected chi connectivity index (χ2v) is 12.0. The van der Waals surface area contributed by atoms with E-state index in [-0.39, 0.29) is 12.2 Å². The zero-order chi connectivity index (χ0) is 32.2. The molecule has 0 aromatic heterocycles. The van der Waals surface area contributed by atoms with Crippen LogP contribution in [0.25, 0.3) is 0 Å². The normalized spacial score (nSPS) is 17.7. The summed E-state index contributed by atoms with van der Waals surface area (Å²) >= 11 is 11.9. The molecule has 0 saturated carbocycles. The van der Waals surface area contributed by atoms with Crippen LogP contribution in [0.2, 0.25) is 10.0 Å². The molecule has 0 radical (unpaired) electrons. The summed E-state index contributed by atoms with van der Waals surface area (Å²) in [5.41, 5.74) is 5.45. The van der Waals surface area contributed by atoms with Crippen LogP contribution in [0, 0.1) is 20.8 Å². The Morgan fingerprint density at radius 3 is 1.69 bits per heavy atom. The fourth-order valence-electron chi connectivity index (χ4n) is 4.75. The lowest BCUT2D eigenvalue weighted by Gasteiger charge is -2.16. The highest BCUT2D eigenvalue weighted by molar-refractivity contribution is 6.33. The van der Waals surface area contributed by atoms with Gasteiger partial charge in [-0.1, -0.05) is 82.4 Å². The fraction of sp³-hybridized carbons (Fsp3) is 0.324. The molecule has 2 fully saturated rings. The molecular weight excluding hydrogens is 611 g/mol. The number of aldehydes is 1. The van der Waals surface area contributed by atoms with Crippen molar-refractivity contribution in [2.24, 2.45) is 0 Å². The zero-order valence-electron chi connectivity index (χ0n) is 25.9. The first-order valence-electron chi connectivity index (χ1n) is 15.0. The van der Waals surface area contributed by atoms with Gasteiger partial charge in [-0.3, -0.25) is 4.79 Å². The van der Waals surface area contributed by atoms with E-state index in [1.54, 1.807) is 12.1 Å². The van der Waals surface area contributed by atoms with Gasteiger partial charge >= 0.3 is 0 Å². The molecule has 4 aromatic rings. The molecule has 8 heteroatoms. The van der Waals surface area contributed by atoms with Crippen LogP contribution < -0.4 is 9.47 Å². The molecule has 0 amide bonds. The lowest BCUT2D eigenvalue weighted by atomic mass is 10.00. The topological polar surface area (TPSA) is 74.2 Å². The molecule has 45 heavy (non-hydrogen) atoms. The van der Waals surface area contributed by atoms with E-state index in [4.69, 9.17) is 42.1 Å². The number of carbonyl (C=O) groups excluding carboxylic acids is 1. The van der Waals surface area contributed by atoms with Crippen LogP contribution in [0.5, 0.6) is 11.5 Å². The van der Waals surface area contributed by atoms with Gasteiger partial charge in [-0.2, -0.15) is 0 Å². The Morgan fingerprint density at radius 2 is 1.20 bits per heavy atom. The molecule has 2 saturated heterocycles. The number of halogens is 2. The van der Waals surface area contributed by atoms with Crippen molar-refractivity contribution in [1.29, 1.82) is 0 Å². The van der Waals surface area contributed by atoms with Crippen molar-refractivity contribution in [3.05, 3.63) is 128 Å². The van der Waals surface area contributed by atoms with Crippen LogP contribution in [-0.4, -0.2) is 50.0 Å². The van der Waals surface area contributed by atoms with Gasteiger partial charge < -0.3 is 24.1 Å². The molecule has 1 N–H and O–H groups in total. The van der Waals surface area contributed by atoms with Crippen LogP contribution in [0.1, 0.15) is 57.1 Å². The Hall–Kier alpha value is -3.39. The molecule has 3 atom stereocenters. The number of rotatable bonds is 7. The maximum Gasteiger partial charge on any atom is 0.151 e. The van der Waals surface area contributed by atoms with Crippen molar-refractivity contribution in [2.75, 3.05) is 26.4 Å². The van der Waals surface area contributed by atoms with E-state index in [1.807, 2.05) is 74.5 Å². The molecule has 0 bridgehead atoms. The van der Waals surface area contributed by atoms with E-state index in [0.29, 0.717) is 22.2 Å². The summed E-state index contributed by atoms with van der Waals surface area (Å²) in [4.78, 5) is 10.3. The Balaban J connectivity index is 0.000000170. The van der Waals surface area contributed by atoms with E-state index >= 15 is 0 Å². The summed E-state index contributed by atoms with van der Waals surface area (Å²) in [6.07, 6.45) is 2.33. The predicted octanol–water partition coefficient (Wildman–Crippen LogP) is 8.52. The number of aliphatic hydroxyl groups is 1. The lowest BCUT2D eigenvalue weighted by molar-refractivity contribution is 0.112. The minimum Gasteiger partial charge on any atom is -0.488 e. The van der Waals surface area contributed by atoms with Crippen molar-refractivity contribution in [3.63, 3.8) is 0 Å². The van der Waals surface area contributed by atoms with Crippen LogP contribution >= 0.6 is 23.2 Å². The average molecular weight is 652 g/mol. The van der Waals surface area contributed by atoms with Gasteiger partial charge in [0.1, 0.15) is 29.8 Å². The number of hydrogen-bond acceptors (Lipinski definition) is 6. The highest BCUT2D eigenvalue weighted by Gasteiger charge is 2.19. The van der Waals surface area contributed by atoms with E-state index in [1.165, 1.54) is 5.56 Å². The second kappa shape index (κ2) is 17.3. The van der Waals surface area contributed by atoms with Gasteiger partial charge in [0, 0.05) is 29.0 Å². The van der Waals surface area contributed by atoms with Gasteiger partial charge in [-0.25, -0.2) is 0 Å². The minimum absolute atomic E-state index is 0.127. The van der Waals surface area contributed by atoms with Gasteiger partial charge in [-0.15, -0.1) is 0 Å². The Labute approximate surface area is 275 Å². The third-order valence-electron chi connectivity index (χ3n) is 7.32. The third-order valence-corrected chi connectivity index (χ3v) is 8.01. The van der Waals surface area contributed by atoms with Gasteiger partial charge in [0.15, 0.2) is 6.29 Å². The minimum atomic E-state index is -0.740. The summed E-state index contributed by atoms with van der Waals surface area (Å²) in [5, 5.41) is 11.6. The largest absolute Gasteiger partial charge is 0.488 e.